The minimum atomic E-state index is -0.207. The molecule has 0 bridgehead atoms. The van der Waals surface area contributed by atoms with Gasteiger partial charge in [-0.15, -0.1) is 0 Å². The van der Waals surface area contributed by atoms with E-state index in [1.807, 2.05) is 62.0 Å². The van der Waals surface area contributed by atoms with Gasteiger partial charge in [0.15, 0.2) is 0 Å². The second-order valence-electron chi connectivity index (χ2n) is 10.9. The third kappa shape index (κ3) is 6.26. The van der Waals surface area contributed by atoms with E-state index in [9.17, 15) is 4.79 Å². The van der Waals surface area contributed by atoms with Crippen LogP contribution in [0.4, 0.5) is 0 Å². The third-order valence-electron chi connectivity index (χ3n) is 7.58. The number of nitrogens with zero attached hydrogens (tertiary/aromatic N) is 4. The lowest BCUT2D eigenvalue weighted by atomic mass is 9.99. The molecule has 214 valence electrons. The third-order valence-corrected chi connectivity index (χ3v) is 7.58. The van der Waals surface area contributed by atoms with Crippen molar-refractivity contribution in [3.05, 3.63) is 152 Å². The molecule has 0 aliphatic heterocycles. The van der Waals surface area contributed by atoms with E-state index in [1.165, 1.54) is 11.1 Å². The maximum atomic E-state index is 14.1. The average Bonchev–Trinajstić information content (AvgIpc) is 3.41. The van der Waals surface area contributed by atoms with Crippen molar-refractivity contribution in [1.82, 2.24) is 14.1 Å². The van der Waals surface area contributed by atoms with E-state index < -0.39 is 0 Å². The summed E-state index contributed by atoms with van der Waals surface area (Å²) in [4.78, 5) is 18.4. The van der Waals surface area contributed by atoms with Crippen LogP contribution in [0.2, 0.25) is 0 Å². The van der Waals surface area contributed by atoms with Crippen LogP contribution in [0.25, 0.3) is 5.69 Å². The van der Waals surface area contributed by atoms with Crippen molar-refractivity contribution in [3.8, 4) is 5.69 Å². The first-order chi connectivity index (χ1) is 20.2. The molecule has 7 nitrogen and oxygen atoms in total. The van der Waals surface area contributed by atoms with Gasteiger partial charge in [-0.1, -0.05) is 65.7 Å². The minimum Gasteiger partial charge on any atom is -0.372 e. The smallest absolute Gasteiger partial charge is 0.260 e. The Bertz CT molecular complexity index is 1780. The number of hydrazone groups is 1. The SMILES string of the molecule is Cc1ccc(COCc2cc(/C(=N/N)c3ccc(-n4cnc(C)c4)c(C)c3)c(=O)n([C@@H](C)c3ccc(C)cc3)c2)cc1. The van der Waals surface area contributed by atoms with Crippen LogP contribution in [0.15, 0.2) is 101 Å². The summed E-state index contributed by atoms with van der Waals surface area (Å²) in [5.41, 5.74) is 9.77. The molecule has 0 unspecified atom stereocenters. The van der Waals surface area contributed by atoms with Crippen LogP contribution < -0.4 is 11.4 Å². The summed E-state index contributed by atoms with van der Waals surface area (Å²) in [7, 11) is 0. The molecule has 0 aliphatic carbocycles. The summed E-state index contributed by atoms with van der Waals surface area (Å²) in [6, 6.07) is 24.1. The largest absolute Gasteiger partial charge is 0.372 e. The highest BCUT2D eigenvalue weighted by Gasteiger charge is 2.19. The van der Waals surface area contributed by atoms with Crippen molar-refractivity contribution in [3.63, 3.8) is 0 Å². The number of ether oxygens (including phenoxy) is 1. The highest BCUT2D eigenvalue weighted by atomic mass is 16.5. The van der Waals surface area contributed by atoms with Crippen LogP contribution in [0.3, 0.4) is 0 Å². The van der Waals surface area contributed by atoms with Gasteiger partial charge in [-0.2, -0.15) is 5.10 Å². The Morgan fingerprint density at radius 1 is 0.881 bits per heavy atom. The van der Waals surface area contributed by atoms with Crippen molar-refractivity contribution < 1.29 is 4.74 Å². The molecule has 0 amide bonds. The highest BCUT2D eigenvalue weighted by Crippen LogP contribution is 2.22. The van der Waals surface area contributed by atoms with Gasteiger partial charge in [0.25, 0.3) is 5.56 Å². The lowest BCUT2D eigenvalue weighted by Crippen LogP contribution is -2.30. The lowest BCUT2D eigenvalue weighted by molar-refractivity contribution is 0.106. The first-order valence-electron chi connectivity index (χ1n) is 14.1. The Labute approximate surface area is 246 Å². The van der Waals surface area contributed by atoms with Crippen LogP contribution in [0.1, 0.15) is 63.2 Å². The van der Waals surface area contributed by atoms with Gasteiger partial charge in [0.2, 0.25) is 0 Å². The predicted octanol–water partition coefficient (Wildman–Crippen LogP) is 6.30. The molecule has 2 N–H and O–H groups in total. The van der Waals surface area contributed by atoms with Gasteiger partial charge in [-0.05, 0) is 75.1 Å². The number of aryl methyl sites for hydroxylation is 4. The van der Waals surface area contributed by atoms with E-state index in [2.05, 4.69) is 72.5 Å². The van der Waals surface area contributed by atoms with E-state index >= 15 is 0 Å². The number of benzene rings is 3. The standard InChI is InChI=1S/C35H37N5O2/c1-23-6-10-28(11-7-23)20-42-21-29-17-32(35(41)40(19-29)27(5)30-12-8-24(2)9-13-30)34(38-36)31-14-15-33(25(3)16-31)39-18-26(4)37-22-39/h6-19,22,27H,20-21,36H2,1-5H3/b38-34+/t27-/m0/s1. The second-order valence-corrected chi connectivity index (χ2v) is 10.9. The molecule has 2 aromatic heterocycles. The molecular formula is C35H37N5O2. The van der Waals surface area contributed by atoms with Gasteiger partial charge in [-0.25, -0.2) is 4.98 Å². The molecule has 0 aliphatic rings. The first kappa shape index (κ1) is 28.8. The fourth-order valence-corrected chi connectivity index (χ4v) is 5.12. The monoisotopic (exact) mass is 559 g/mol. The van der Waals surface area contributed by atoms with Crippen molar-refractivity contribution in [2.24, 2.45) is 10.9 Å². The Kier molecular flexibility index (Phi) is 8.50. The maximum absolute atomic E-state index is 14.1. The Morgan fingerprint density at radius 2 is 1.55 bits per heavy atom. The van der Waals surface area contributed by atoms with E-state index in [0.717, 1.165) is 39.2 Å². The van der Waals surface area contributed by atoms with Crippen molar-refractivity contribution in [2.75, 3.05) is 0 Å². The number of imidazole rings is 1. The van der Waals surface area contributed by atoms with Crippen LogP contribution >= 0.6 is 0 Å². The number of nitrogens with two attached hydrogens (primary N) is 1. The fourth-order valence-electron chi connectivity index (χ4n) is 5.12. The van der Waals surface area contributed by atoms with E-state index in [1.54, 1.807) is 10.9 Å². The number of hydrogen-bond acceptors (Lipinski definition) is 5. The summed E-state index contributed by atoms with van der Waals surface area (Å²) >= 11 is 0. The molecule has 5 aromatic rings. The molecule has 42 heavy (non-hydrogen) atoms. The summed E-state index contributed by atoms with van der Waals surface area (Å²) < 4.78 is 9.84. The summed E-state index contributed by atoms with van der Waals surface area (Å²) in [6.07, 6.45) is 5.65. The van der Waals surface area contributed by atoms with Gasteiger partial charge in [0.05, 0.1) is 36.8 Å². The number of rotatable bonds is 9. The normalized spacial score (nSPS) is 12.5. The molecule has 0 spiro atoms. The maximum Gasteiger partial charge on any atom is 0.260 e. The van der Waals surface area contributed by atoms with E-state index in [-0.39, 0.29) is 11.6 Å². The zero-order valence-corrected chi connectivity index (χ0v) is 24.8. The average molecular weight is 560 g/mol. The molecule has 3 aromatic carbocycles. The molecule has 0 saturated carbocycles. The first-order valence-corrected chi connectivity index (χ1v) is 14.1. The van der Waals surface area contributed by atoms with Crippen molar-refractivity contribution in [1.29, 1.82) is 0 Å². The van der Waals surface area contributed by atoms with Crippen LogP contribution in [-0.4, -0.2) is 19.8 Å². The van der Waals surface area contributed by atoms with E-state index in [4.69, 9.17) is 10.6 Å². The molecule has 1 atom stereocenters. The molecule has 0 fully saturated rings. The van der Waals surface area contributed by atoms with Gasteiger partial charge in [-0.3, -0.25) is 4.79 Å². The Hall–Kier alpha value is -4.75. The van der Waals surface area contributed by atoms with Crippen LogP contribution in [-0.2, 0) is 18.0 Å². The topological polar surface area (TPSA) is 87.4 Å². The molecule has 0 radical (unpaired) electrons. The van der Waals surface area contributed by atoms with Crippen LogP contribution in [0, 0.1) is 27.7 Å². The number of pyridine rings is 1. The van der Waals surface area contributed by atoms with Gasteiger partial charge in [0, 0.05) is 23.6 Å². The van der Waals surface area contributed by atoms with E-state index in [0.29, 0.717) is 24.5 Å². The fraction of sp³-hybridized carbons (Fsp3) is 0.229. The molecule has 0 saturated heterocycles. The summed E-state index contributed by atoms with van der Waals surface area (Å²) in [6.45, 7) is 10.9. The molecular weight excluding hydrogens is 522 g/mol. The molecule has 7 heteroatoms. The predicted molar refractivity (Wildman–Crippen MR) is 168 cm³/mol. The van der Waals surface area contributed by atoms with Gasteiger partial charge < -0.3 is 19.7 Å². The molecule has 5 rings (SSSR count). The number of aromatic nitrogens is 3. The highest BCUT2D eigenvalue weighted by molar-refractivity contribution is 6.12. The van der Waals surface area contributed by atoms with Crippen molar-refractivity contribution in [2.45, 2.75) is 53.9 Å². The van der Waals surface area contributed by atoms with Crippen LogP contribution in [0.5, 0.6) is 0 Å². The quantitative estimate of drug-likeness (QED) is 0.130. The lowest BCUT2D eigenvalue weighted by Gasteiger charge is -2.20. The Balaban J connectivity index is 1.53. The zero-order valence-electron chi connectivity index (χ0n) is 24.8. The summed E-state index contributed by atoms with van der Waals surface area (Å²) in [5, 5.41) is 4.14. The summed E-state index contributed by atoms with van der Waals surface area (Å²) in [5.74, 6) is 5.99. The molecule has 2 heterocycles. The minimum absolute atomic E-state index is 0.165. The zero-order chi connectivity index (χ0) is 29.8. The van der Waals surface area contributed by atoms with Gasteiger partial charge in [0.1, 0.15) is 5.71 Å². The Morgan fingerprint density at radius 3 is 2.17 bits per heavy atom. The number of hydrogen-bond donors (Lipinski definition) is 1. The second kappa shape index (κ2) is 12.4. The van der Waals surface area contributed by atoms with Gasteiger partial charge >= 0.3 is 0 Å². The van der Waals surface area contributed by atoms with Crippen molar-refractivity contribution >= 4 is 5.71 Å².